The average Bonchev–Trinajstić information content (AvgIpc) is 2.55. The van der Waals surface area contributed by atoms with Gasteiger partial charge in [0, 0.05) is 0 Å². The van der Waals surface area contributed by atoms with E-state index >= 15 is 0 Å². The van der Waals surface area contributed by atoms with Gasteiger partial charge in [0.2, 0.25) is 0 Å². The Bertz CT molecular complexity index is 590. The van der Waals surface area contributed by atoms with Gasteiger partial charge in [-0.25, -0.2) is 0 Å². The second-order valence-corrected chi connectivity index (χ2v) is 7.38. The summed E-state index contributed by atoms with van der Waals surface area (Å²) < 4.78 is 16.3. The van der Waals surface area contributed by atoms with Crippen molar-refractivity contribution in [2.24, 2.45) is 5.41 Å². The molecule has 1 aliphatic carbocycles. The second kappa shape index (κ2) is 7.01. The van der Waals surface area contributed by atoms with Crippen molar-refractivity contribution in [1.29, 1.82) is 0 Å². The molecule has 5 heteroatoms. The highest BCUT2D eigenvalue weighted by molar-refractivity contribution is 5.75. The Morgan fingerprint density at radius 2 is 1.83 bits per heavy atom. The van der Waals surface area contributed by atoms with Gasteiger partial charge in [-0.1, -0.05) is 6.07 Å². The quantitative estimate of drug-likeness (QED) is 0.854. The number of methoxy groups -OCH3 is 2. The zero-order valence-electron chi connectivity index (χ0n) is 15.2. The van der Waals surface area contributed by atoms with Crippen LogP contribution in [0.3, 0.4) is 0 Å². The predicted molar refractivity (Wildman–Crippen MR) is 91.2 cm³/mol. The summed E-state index contributed by atoms with van der Waals surface area (Å²) in [5, 5.41) is 11.3. The molecular formula is C19H28O5. The summed E-state index contributed by atoms with van der Waals surface area (Å²) in [4.78, 5) is 12.3. The Labute approximate surface area is 143 Å². The third-order valence-electron chi connectivity index (χ3n) is 4.55. The number of esters is 1. The molecule has 1 aliphatic rings. The van der Waals surface area contributed by atoms with E-state index in [1.807, 2.05) is 26.8 Å². The number of hydrogen-bond acceptors (Lipinski definition) is 5. The van der Waals surface area contributed by atoms with Gasteiger partial charge in [0.15, 0.2) is 11.5 Å². The molecule has 0 heterocycles. The van der Waals surface area contributed by atoms with E-state index in [1.54, 1.807) is 26.4 Å². The van der Waals surface area contributed by atoms with E-state index < -0.39 is 17.1 Å². The van der Waals surface area contributed by atoms with Crippen LogP contribution in [0.1, 0.15) is 52.0 Å². The lowest BCUT2D eigenvalue weighted by molar-refractivity contribution is -0.182. The Kier molecular flexibility index (Phi) is 5.43. The molecule has 24 heavy (non-hydrogen) atoms. The largest absolute Gasteiger partial charge is 0.493 e. The fourth-order valence-electron chi connectivity index (χ4n) is 3.02. The lowest BCUT2D eigenvalue weighted by Crippen LogP contribution is -2.46. The third kappa shape index (κ3) is 3.66. The molecule has 2 atom stereocenters. The summed E-state index contributed by atoms with van der Waals surface area (Å²) in [5.41, 5.74) is -1.12. The smallest absolute Gasteiger partial charge is 0.311 e. The van der Waals surface area contributed by atoms with Crippen LogP contribution in [0.15, 0.2) is 18.2 Å². The Morgan fingerprint density at radius 3 is 2.42 bits per heavy atom. The first-order valence-corrected chi connectivity index (χ1v) is 8.38. The molecule has 0 spiro atoms. The van der Waals surface area contributed by atoms with Crippen LogP contribution in [0.4, 0.5) is 0 Å². The zero-order valence-corrected chi connectivity index (χ0v) is 15.2. The van der Waals surface area contributed by atoms with Crippen molar-refractivity contribution in [3.8, 4) is 11.5 Å². The van der Waals surface area contributed by atoms with E-state index in [9.17, 15) is 9.90 Å². The lowest BCUT2D eigenvalue weighted by Gasteiger charge is -2.40. The summed E-state index contributed by atoms with van der Waals surface area (Å²) in [6.45, 7) is 5.44. The molecule has 0 aliphatic heterocycles. The van der Waals surface area contributed by atoms with Gasteiger partial charge in [-0.15, -0.1) is 0 Å². The number of rotatable bonds is 4. The van der Waals surface area contributed by atoms with Crippen molar-refractivity contribution < 1.29 is 24.1 Å². The topological polar surface area (TPSA) is 65.0 Å². The van der Waals surface area contributed by atoms with Crippen LogP contribution >= 0.6 is 0 Å². The van der Waals surface area contributed by atoms with Gasteiger partial charge in [-0.2, -0.15) is 0 Å². The highest BCUT2D eigenvalue weighted by atomic mass is 16.6. The van der Waals surface area contributed by atoms with E-state index in [0.29, 0.717) is 29.9 Å². The Balaban J connectivity index is 2.34. The number of carbonyl (C=O) groups is 1. The standard InChI is InChI=1S/C19H28O5/c1-18(2,3)17(20)24-16-8-6-7-11-19(16,21)13-9-10-14(22-4)15(12-13)23-5/h9-10,12,16,21H,6-8,11H2,1-5H3/t16-,19-/m0/s1. The molecule has 0 amide bonds. The van der Waals surface area contributed by atoms with Crippen LogP contribution in [0.25, 0.3) is 0 Å². The maximum atomic E-state index is 12.3. The van der Waals surface area contributed by atoms with E-state index in [2.05, 4.69) is 0 Å². The highest BCUT2D eigenvalue weighted by Gasteiger charge is 2.44. The van der Waals surface area contributed by atoms with E-state index in [1.165, 1.54) is 0 Å². The summed E-state index contributed by atoms with van der Waals surface area (Å²) in [6, 6.07) is 5.34. The minimum Gasteiger partial charge on any atom is -0.493 e. The van der Waals surface area contributed by atoms with Gasteiger partial charge in [0.05, 0.1) is 19.6 Å². The molecule has 1 aromatic carbocycles. The van der Waals surface area contributed by atoms with Crippen molar-refractivity contribution in [2.45, 2.75) is 58.2 Å². The molecule has 0 unspecified atom stereocenters. The number of hydrogen-bond donors (Lipinski definition) is 1. The maximum Gasteiger partial charge on any atom is 0.311 e. The van der Waals surface area contributed by atoms with E-state index in [-0.39, 0.29) is 5.97 Å². The van der Waals surface area contributed by atoms with Crippen LogP contribution < -0.4 is 9.47 Å². The summed E-state index contributed by atoms with van der Waals surface area (Å²) >= 11 is 0. The van der Waals surface area contributed by atoms with Crippen molar-refractivity contribution >= 4 is 5.97 Å². The number of ether oxygens (including phenoxy) is 3. The summed E-state index contributed by atoms with van der Waals surface area (Å²) in [6.07, 6.45) is 2.44. The minimum absolute atomic E-state index is 0.298. The van der Waals surface area contributed by atoms with Crippen molar-refractivity contribution in [3.05, 3.63) is 23.8 Å². The van der Waals surface area contributed by atoms with Gasteiger partial charge in [0.1, 0.15) is 11.7 Å². The first-order chi connectivity index (χ1) is 11.2. The molecule has 1 fully saturated rings. The number of aliphatic hydroxyl groups is 1. The van der Waals surface area contributed by atoms with E-state index in [4.69, 9.17) is 14.2 Å². The predicted octanol–water partition coefficient (Wildman–Crippen LogP) is 3.42. The minimum atomic E-state index is -1.21. The second-order valence-electron chi connectivity index (χ2n) is 7.38. The normalized spacial score (nSPS) is 24.3. The number of benzene rings is 1. The molecule has 1 saturated carbocycles. The van der Waals surface area contributed by atoms with Gasteiger partial charge in [-0.3, -0.25) is 4.79 Å². The molecule has 2 rings (SSSR count). The molecule has 1 aromatic rings. The first kappa shape index (κ1) is 18.6. The fourth-order valence-corrected chi connectivity index (χ4v) is 3.02. The molecule has 0 radical (unpaired) electrons. The zero-order chi connectivity index (χ0) is 18.0. The Morgan fingerprint density at radius 1 is 1.17 bits per heavy atom. The van der Waals surface area contributed by atoms with Crippen molar-refractivity contribution in [1.82, 2.24) is 0 Å². The third-order valence-corrected chi connectivity index (χ3v) is 4.55. The molecule has 0 bridgehead atoms. The van der Waals surface area contributed by atoms with Gasteiger partial charge < -0.3 is 19.3 Å². The SMILES string of the molecule is COc1ccc([C@@]2(O)CCCC[C@@H]2OC(=O)C(C)(C)C)cc1OC. The van der Waals surface area contributed by atoms with Gasteiger partial charge >= 0.3 is 5.97 Å². The van der Waals surface area contributed by atoms with Gasteiger partial charge in [0.25, 0.3) is 0 Å². The van der Waals surface area contributed by atoms with Crippen LogP contribution in [0.2, 0.25) is 0 Å². The molecule has 134 valence electrons. The van der Waals surface area contributed by atoms with Crippen LogP contribution in [-0.2, 0) is 15.1 Å². The first-order valence-electron chi connectivity index (χ1n) is 8.38. The lowest BCUT2D eigenvalue weighted by atomic mass is 9.77. The summed E-state index contributed by atoms with van der Waals surface area (Å²) in [7, 11) is 3.13. The molecule has 1 N–H and O–H groups in total. The molecular weight excluding hydrogens is 308 g/mol. The van der Waals surface area contributed by atoms with Crippen molar-refractivity contribution in [2.75, 3.05) is 14.2 Å². The van der Waals surface area contributed by atoms with Gasteiger partial charge in [-0.05, 0) is 64.2 Å². The molecule has 0 saturated heterocycles. The van der Waals surface area contributed by atoms with E-state index in [0.717, 1.165) is 12.8 Å². The summed E-state index contributed by atoms with van der Waals surface area (Å²) in [5.74, 6) is 0.854. The fraction of sp³-hybridized carbons (Fsp3) is 0.632. The monoisotopic (exact) mass is 336 g/mol. The van der Waals surface area contributed by atoms with Crippen molar-refractivity contribution in [3.63, 3.8) is 0 Å². The molecule has 0 aromatic heterocycles. The highest BCUT2D eigenvalue weighted by Crippen LogP contribution is 2.42. The average molecular weight is 336 g/mol. The van der Waals surface area contributed by atoms with Crippen LogP contribution in [0.5, 0.6) is 11.5 Å². The van der Waals surface area contributed by atoms with Crippen LogP contribution in [0, 0.1) is 5.41 Å². The Hall–Kier alpha value is -1.75. The maximum absolute atomic E-state index is 12.3. The number of carbonyl (C=O) groups excluding carboxylic acids is 1. The molecule has 5 nitrogen and oxygen atoms in total. The van der Waals surface area contributed by atoms with Crippen LogP contribution in [-0.4, -0.2) is 31.4 Å².